The maximum atomic E-state index is 9.25. The second-order valence-corrected chi connectivity index (χ2v) is 3.88. The molecule has 0 saturated carbocycles. The van der Waals surface area contributed by atoms with Gasteiger partial charge in [0, 0.05) is 5.69 Å². The van der Waals surface area contributed by atoms with E-state index >= 15 is 0 Å². The summed E-state index contributed by atoms with van der Waals surface area (Å²) < 4.78 is 5.20. The molecule has 1 aromatic heterocycles. The van der Waals surface area contributed by atoms with Gasteiger partial charge in [0.2, 0.25) is 0 Å². The summed E-state index contributed by atoms with van der Waals surface area (Å²) in [5.41, 5.74) is 1.93. The van der Waals surface area contributed by atoms with Crippen molar-refractivity contribution in [2.75, 3.05) is 0 Å². The van der Waals surface area contributed by atoms with Gasteiger partial charge < -0.3 is 9.84 Å². The van der Waals surface area contributed by atoms with Crippen LogP contribution in [0.1, 0.15) is 44.5 Å². The third kappa shape index (κ3) is 3.98. The molecule has 0 saturated heterocycles. The first-order chi connectivity index (χ1) is 7.13. The number of hydrogen-bond donors (Lipinski definition) is 1. The summed E-state index contributed by atoms with van der Waals surface area (Å²) in [6, 6.07) is 5.89. The number of rotatable bonds is 5. The van der Waals surface area contributed by atoms with Crippen molar-refractivity contribution >= 4 is 0 Å². The van der Waals surface area contributed by atoms with Crippen molar-refractivity contribution in [2.45, 2.75) is 46.0 Å². The molecule has 3 nitrogen and oxygen atoms in total. The smallest absolute Gasteiger partial charge is 0.154 e. The molecule has 1 heterocycles. The first kappa shape index (κ1) is 12.1. The summed E-state index contributed by atoms with van der Waals surface area (Å²) in [6.07, 6.45) is -0.0846. The predicted molar refractivity (Wildman–Crippen MR) is 59.4 cm³/mol. The minimum Gasteiger partial charge on any atom is -0.368 e. The largest absolute Gasteiger partial charge is 0.368 e. The van der Waals surface area contributed by atoms with Crippen LogP contribution >= 0.6 is 0 Å². The topological polar surface area (TPSA) is 42.4 Å². The quantitative estimate of drug-likeness (QED) is 0.757. The molecule has 84 valence electrons. The zero-order valence-corrected chi connectivity index (χ0v) is 9.60. The van der Waals surface area contributed by atoms with Crippen molar-refractivity contribution < 1.29 is 9.84 Å². The van der Waals surface area contributed by atoms with Crippen LogP contribution in [0.2, 0.25) is 0 Å². The number of aromatic nitrogens is 1. The van der Waals surface area contributed by atoms with Gasteiger partial charge in [0.05, 0.1) is 12.3 Å². The van der Waals surface area contributed by atoms with Gasteiger partial charge in [-0.15, -0.1) is 0 Å². The minimum atomic E-state index is -0.686. The Morgan fingerprint density at radius 1 is 1.40 bits per heavy atom. The van der Waals surface area contributed by atoms with Gasteiger partial charge in [0.15, 0.2) is 6.29 Å². The van der Waals surface area contributed by atoms with E-state index in [-0.39, 0.29) is 0 Å². The molecular formula is C12H19NO2. The molecule has 0 spiro atoms. The van der Waals surface area contributed by atoms with E-state index in [0.717, 1.165) is 11.4 Å². The molecule has 1 aromatic rings. The van der Waals surface area contributed by atoms with Crippen LogP contribution in [0.4, 0.5) is 0 Å². The van der Waals surface area contributed by atoms with E-state index in [9.17, 15) is 5.11 Å². The van der Waals surface area contributed by atoms with E-state index < -0.39 is 6.29 Å². The van der Waals surface area contributed by atoms with Gasteiger partial charge in [0.25, 0.3) is 0 Å². The molecule has 1 unspecified atom stereocenters. The Labute approximate surface area is 91.1 Å². The maximum Gasteiger partial charge on any atom is 0.154 e. The van der Waals surface area contributed by atoms with E-state index in [1.54, 1.807) is 0 Å². The molecule has 1 N–H and O–H groups in total. The monoisotopic (exact) mass is 209 g/mol. The van der Waals surface area contributed by atoms with Crippen molar-refractivity contribution in [1.82, 2.24) is 4.98 Å². The van der Waals surface area contributed by atoms with E-state index in [1.165, 1.54) is 0 Å². The van der Waals surface area contributed by atoms with Gasteiger partial charge in [-0.2, -0.15) is 0 Å². The molecule has 0 radical (unpaired) electrons. The Morgan fingerprint density at radius 3 is 2.73 bits per heavy atom. The average Bonchev–Trinajstić information content (AvgIpc) is 2.26. The van der Waals surface area contributed by atoms with Gasteiger partial charge in [-0.25, -0.2) is 0 Å². The van der Waals surface area contributed by atoms with Crippen LogP contribution < -0.4 is 0 Å². The van der Waals surface area contributed by atoms with E-state index in [0.29, 0.717) is 18.9 Å². The fourth-order valence-corrected chi connectivity index (χ4v) is 1.20. The Morgan fingerprint density at radius 2 is 2.13 bits per heavy atom. The van der Waals surface area contributed by atoms with Crippen LogP contribution in [0.15, 0.2) is 18.2 Å². The zero-order chi connectivity index (χ0) is 11.3. The third-order valence-electron chi connectivity index (χ3n) is 2.19. The molecule has 15 heavy (non-hydrogen) atoms. The summed E-state index contributed by atoms with van der Waals surface area (Å²) in [6.45, 7) is 6.46. The lowest BCUT2D eigenvalue weighted by molar-refractivity contribution is -0.109. The lowest BCUT2D eigenvalue weighted by Gasteiger charge is -2.10. The van der Waals surface area contributed by atoms with Crippen LogP contribution in [0.5, 0.6) is 0 Å². The highest BCUT2D eigenvalue weighted by Gasteiger charge is 2.04. The summed E-state index contributed by atoms with van der Waals surface area (Å²) in [4.78, 5) is 4.44. The van der Waals surface area contributed by atoms with Crippen molar-refractivity contribution in [2.24, 2.45) is 0 Å². The fourth-order valence-electron chi connectivity index (χ4n) is 1.20. The second kappa shape index (κ2) is 5.83. The number of aliphatic hydroxyl groups excluding tert-OH is 1. The molecule has 0 aliphatic heterocycles. The predicted octanol–water partition coefficient (Wildman–Crippen LogP) is 2.45. The summed E-state index contributed by atoms with van der Waals surface area (Å²) >= 11 is 0. The van der Waals surface area contributed by atoms with Crippen LogP contribution in [0.25, 0.3) is 0 Å². The minimum absolute atomic E-state index is 0.371. The molecule has 0 aliphatic carbocycles. The highest BCUT2D eigenvalue weighted by Crippen LogP contribution is 2.12. The number of aliphatic hydroxyl groups is 1. The van der Waals surface area contributed by atoms with E-state index in [1.807, 2.05) is 25.1 Å². The van der Waals surface area contributed by atoms with E-state index in [4.69, 9.17) is 4.74 Å². The first-order valence-corrected chi connectivity index (χ1v) is 5.39. The molecule has 1 atom stereocenters. The van der Waals surface area contributed by atoms with Gasteiger partial charge in [-0.05, 0) is 24.5 Å². The van der Waals surface area contributed by atoms with Crippen LogP contribution in [-0.4, -0.2) is 16.4 Å². The van der Waals surface area contributed by atoms with Crippen LogP contribution in [-0.2, 0) is 11.3 Å². The van der Waals surface area contributed by atoms with Crippen molar-refractivity contribution in [1.29, 1.82) is 0 Å². The number of nitrogens with zero attached hydrogens (tertiary/aromatic N) is 1. The lowest BCUT2D eigenvalue weighted by atomic mass is 10.1. The number of ether oxygens (including phenoxy) is 1. The summed E-state index contributed by atoms with van der Waals surface area (Å²) in [5.74, 6) is 0.418. The van der Waals surface area contributed by atoms with Gasteiger partial charge in [0.1, 0.15) is 0 Å². The molecule has 0 bridgehead atoms. The van der Waals surface area contributed by atoms with E-state index in [2.05, 4.69) is 18.8 Å². The SMILES string of the molecule is CCC(O)OCc1cccc(C(C)C)n1. The summed E-state index contributed by atoms with van der Waals surface area (Å²) in [5, 5.41) is 9.25. The lowest BCUT2D eigenvalue weighted by Crippen LogP contribution is -2.11. The van der Waals surface area contributed by atoms with Crippen LogP contribution in [0, 0.1) is 0 Å². The Balaban J connectivity index is 2.58. The zero-order valence-electron chi connectivity index (χ0n) is 9.60. The van der Waals surface area contributed by atoms with Crippen molar-refractivity contribution in [3.05, 3.63) is 29.6 Å². The Hall–Kier alpha value is -0.930. The van der Waals surface area contributed by atoms with Crippen molar-refractivity contribution in [3.8, 4) is 0 Å². The molecule has 0 fully saturated rings. The normalized spacial score (nSPS) is 13.1. The van der Waals surface area contributed by atoms with Gasteiger partial charge in [-0.3, -0.25) is 4.98 Å². The molecule has 0 aromatic carbocycles. The Kier molecular flexibility index (Phi) is 4.72. The number of pyridine rings is 1. The molecule has 0 amide bonds. The second-order valence-electron chi connectivity index (χ2n) is 3.88. The maximum absolute atomic E-state index is 9.25. The molecule has 3 heteroatoms. The number of hydrogen-bond acceptors (Lipinski definition) is 3. The highest BCUT2D eigenvalue weighted by molar-refractivity contribution is 5.13. The van der Waals surface area contributed by atoms with Crippen LogP contribution in [0.3, 0.4) is 0 Å². The van der Waals surface area contributed by atoms with Crippen molar-refractivity contribution in [3.63, 3.8) is 0 Å². The Bertz CT molecular complexity index is 299. The fraction of sp³-hybridized carbons (Fsp3) is 0.583. The summed E-state index contributed by atoms with van der Waals surface area (Å²) in [7, 11) is 0. The van der Waals surface area contributed by atoms with Gasteiger partial charge in [-0.1, -0.05) is 26.8 Å². The standard InChI is InChI=1S/C12H19NO2/c1-4-12(14)15-8-10-6-5-7-11(13-10)9(2)3/h5-7,9,12,14H,4,8H2,1-3H3. The first-order valence-electron chi connectivity index (χ1n) is 5.39. The molecule has 0 aliphatic rings. The highest BCUT2D eigenvalue weighted by atomic mass is 16.6. The average molecular weight is 209 g/mol. The molecular weight excluding hydrogens is 190 g/mol. The third-order valence-corrected chi connectivity index (χ3v) is 2.19. The molecule has 1 rings (SSSR count). The van der Waals surface area contributed by atoms with Gasteiger partial charge >= 0.3 is 0 Å².